The molecule has 0 aromatic carbocycles. The van der Waals surface area contributed by atoms with Crippen LogP contribution in [0.25, 0.3) is 0 Å². The minimum atomic E-state index is -0.321. The van der Waals surface area contributed by atoms with Crippen molar-refractivity contribution >= 4 is 11.6 Å². The first-order valence-corrected chi connectivity index (χ1v) is 6.28. The molecule has 0 amide bonds. The van der Waals surface area contributed by atoms with Crippen molar-refractivity contribution in [3.8, 4) is 0 Å². The van der Waals surface area contributed by atoms with Gasteiger partial charge in [0.1, 0.15) is 0 Å². The van der Waals surface area contributed by atoms with E-state index in [0.717, 1.165) is 11.1 Å². The SMILES string of the molecule is CC1=CC2=C(C(C)C)C(=O)CC(C)C2=C(O)C1=O. The van der Waals surface area contributed by atoms with Crippen molar-refractivity contribution in [3.63, 3.8) is 0 Å². The lowest BCUT2D eigenvalue weighted by Crippen LogP contribution is -2.27. The fraction of sp³-hybridized carbons (Fsp3) is 0.467. The van der Waals surface area contributed by atoms with Crippen LogP contribution in [-0.4, -0.2) is 16.7 Å². The molecule has 18 heavy (non-hydrogen) atoms. The minimum Gasteiger partial charge on any atom is -0.504 e. The van der Waals surface area contributed by atoms with Gasteiger partial charge in [-0.1, -0.05) is 20.8 Å². The van der Waals surface area contributed by atoms with Gasteiger partial charge >= 0.3 is 0 Å². The summed E-state index contributed by atoms with van der Waals surface area (Å²) in [6.45, 7) is 7.47. The third-order valence-electron chi connectivity index (χ3n) is 3.63. The number of carbonyl (C=O) groups excluding carboxylic acids is 2. The van der Waals surface area contributed by atoms with Crippen LogP contribution >= 0.6 is 0 Å². The lowest BCUT2D eigenvalue weighted by Gasteiger charge is -2.30. The maximum Gasteiger partial charge on any atom is 0.223 e. The van der Waals surface area contributed by atoms with Gasteiger partial charge in [0, 0.05) is 23.1 Å². The van der Waals surface area contributed by atoms with Crippen LogP contribution in [0.15, 0.2) is 34.1 Å². The average Bonchev–Trinajstić information content (AvgIpc) is 2.24. The van der Waals surface area contributed by atoms with Crippen molar-refractivity contribution in [1.82, 2.24) is 0 Å². The Balaban J connectivity index is 2.75. The van der Waals surface area contributed by atoms with Gasteiger partial charge in [-0.2, -0.15) is 0 Å². The predicted molar refractivity (Wildman–Crippen MR) is 69.1 cm³/mol. The summed E-state index contributed by atoms with van der Waals surface area (Å²) in [5, 5.41) is 10.0. The Bertz CT molecular complexity index is 530. The first kappa shape index (κ1) is 12.8. The van der Waals surface area contributed by atoms with Gasteiger partial charge in [0.25, 0.3) is 0 Å². The number of hydrogen-bond donors (Lipinski definition) is 1. The van der Waals surface area contributed by atoms with E-state index in [4.69, 9.17) is 0 Å². The van der Waals surface area contributed by atoms with Crippen LogP contribution in [0.2, 0.25) is 0 Å². The van der Waals surface area contributed by atoms with Crippen LogP contribution in [0.5, 0.6) is 0 Å². The zero-order chi connectivity index (χ0) is 13.6. The molecular weight excluding hydrogens is 228 g/mol. The van der Waals surface area contributed by atoms with Crippen molar-refractivity contribution in [2.75, 3.05) is 0 Å². The van der Waals surface area contributed by atoms with Crippen molar-refractivity contribution in [2.24, 2.45) is 11.8 Å². The molecule has 2 aliphatic carbocycles. The molecule has 3 nitrogen and oxygen atoms in total. The molecule has 96 valence electrons. The highest BCUT2D eigenvalue weighted by Crippen LogP contribution is 2.40. The van der Waals surface area contributed by atoms with E-state index < -0.39 is 0 Å². The molecule has 1 atom stereocenters. The van der Waals surface area contributed by atoms with E-state index in [-0.39, 0.29) is 29.2 Å². The average molecular weight is 246 g/mol. The Morgan fingerprint density at radius 1 is 1.33 bits per heavy atom. The van der Waals surface area contributed by atoms with Gasteiger partial charge in [0.05, 0.1) is 0 Å². The summed E-state index contributed by atoms with van der Waals surface area (Å²) in [6.07, 6.45) is 2.12. The van der Waals surface area contributed by atoms with E-state index in [0.29, 0.717) is 17.6 Å². The molecule has 0 bridgehead atoms. The maximum atomic E-state index is 12.1. The predicted octanol–water partition coefficient (Wildman–Crippen LogP) is 2.89. The summed E-state index contributed by atoms with van der Waals surface area (Å²) in [7, 11) is 0. The standard InChI is InChI=1S/C15H18O3/c1-7(2)12-10-5-9(4)14(17)15(18)13(10)8(3)6-11(12)16/h5,7-8,18H,6H2,1-4H3. The Kier molecular flexibility index (Phi) is 3.01. The van der Waals surface area contributed by atoms with E-state index in [9.17, 15) is 14.7 Å². The van der Waals surface area contributed by atoms with Gasteiger partial charge in [0.2, 0.25) is 5.78 Å². The van der Waals surface area contributed by atoms with Gasteiger partial charge in [-0.25, -0.2) is 0 Å². The highest BCUT2D eigenvalue weighted by atomic mass is 16.3. The van der Waals surface area contributed by atoms with E-state index >= 15 is 0 Å². The van der Waals surface area contributed by atoms with E-state index in [2.05, 4.69) is 0 Å². The Labute approximate surface area is 107 Å². The smallest absolute Gasteiger partial charge is 0.223 e. The Hall–Kier alpha value is -1.64. The number of aliphatic hydroxyl groups excluding tert-OH is 1. The second-order valence-electron chi connectivity index (χ2n) is 5.43. The molecule has 1 N–H and O–H groups in total. The zero-order valence-electron chi connectivity index (χ0n) is 11.2. The molecule has 0 aromatic rings. The molecule has 0 aromatic heterocycles. The van der Waals surface area contributed by atoms with Crippen molar-refractivity contribution in [2.45, 2.75) is 34.1 Å². The Morgan fingerprint density at radius 3 is 2.50 bits per heavy atom. The number of fused-ring (bicyclic) bond motifs is 1. The van der Waals surface area contributed by atoms with Crippen molar-refractivity contribution in [3.05, 3.63) is 34.1 Å². The fourth-order valence-electron chi connectivity index (χ4n) is 2.79. The largest absolute Gasteiger partial charge is 0.504 e. The summed E-state index contributed by atoms with van der Waals surface area (Å²) in [4.78, 5) is 23.9. The van der Waals surface area contributed by atoms with Crippen LogP contribution < -0.4 is 0 Å². The molecule has 3 heteroatoms. The molecule has 2 aliphatic rings. The molecule has 0 spiro atoms. The summed E-state index contributed by atoms with van der Waals surface area (Å²) >= 11 is 0. The highest BCUT2D eigenvalue weighted by molar-refractivity contribution is 6.11. The molecule has 0 saturated heterocycles. The van der Waals surface area contributed by atoms with Crippen LogP contribution in [0.3, 0.4) is 0 Å². The number of allylic oxidation sites excluding steroid dienone is 5. The van der Waals surface area contributed by atoms with E-state index in [1.54, 1.807) is 13.0 Å². The second-order valence-corrected chi connectivity index (χ2v) is 5.43. The fourth-order valence-corrected chi connectivity index (χ4v) is 2.79. The first-order valence-electron chi connectivity index (χ1n) is 6.28. The molecular formula is C15H18O3. The molecule has 0 heterocycles. The van der Waals surface area contributed by atoms with Crippen LogP contribution in [0.1, 0.15) is 34.1 Å². The number of carbonyl (C=O) groups is 2. The third kappa shape index (κ3) is 1.74. The van der Waals surface area contributed by atoms with Crippen LogP contribution in [0, 0.1) is 11.8 Å². The number of hydrogen-bond acceptors (Lipinski definition) is 3. The second kappa shape index (κ2) is 4.23. The van der Waals surface area contributed by atoms with E-state index in [1.807, 2.05) is 20.8 Å². The van der Waals surface area contributed by atoms with Crippen molar-refractivity contribution in [1.29, 1.82) is 0 Å². The number of Topliss-reactive ketones (excluding diaryl/α,β-unsaturated/α-hetero) is 2. The summed E-state index contributed by atoms with van der Waals surface area (Å²) in [5.74, 6) is -0.369. The molecule has 0 saturated carbocycles. The van der Waals surface area contributed by atoms with Gasteiger partial charge in [-0.15, -0.1) is 0 Å². The number of rotatable bonds is 1. The molecule has 0 fully saturated rings. The highest BCUT2D eigenvalue weighted by Gasteiger charge is 2.36. The number of aliphatic hydroxyl groups is 1. The number of ketones is 2. The normalized spacial score (nSPS) is 24.7. The molecule has 0 aliphatic heterocycles. The summed E-state index contributed by atoms with van der Waals surface area (Å²) < 4.78 is 0. The monoisotopic (exact) mass is 246 g/mol. The first-order chi connectivity index (χ1) is 8.34. The third-order valence-corrected chi connectivity index (χ3v) is 3.63. The Morgan fingerprint density at radius 2 is 1.94 bits per heavy atom. The zero-order valence-corrected chi connectivity index (χ0v) is 11.2. The van der Waals surface area contributed by atoms with Crippen LogP contribution in [0.4, 0.5) is 0 Å². The topological polar surface area (TPSA) is 54.4 Å². The van der Waals surface area contributed by atoms with Crippen molar-refractivity contribution < 1.29 is 14.7 Å². The van der Waals surface area contributed by atoms with E-state index in [1.165, 1.54) is 0 Å². The minimum absolute atomic E-state index is 0.0942. The molecule has 2 rings (SSSR count). The summed E-state index contributed by atoms with van der Waals surface area (Å²) in [6, 6.07) is 0. The molecule has 0 radical (unpaired) electrons. The van der Waals surface area contributed by atoms with Crippen LogP contribution in [-0.2, 0) is 9.59 Å². The lowest BCUT2D eigenvalue weighted by atomic mass is 9.73. The summed E-state index contributed by atoms with van der Waals surface area (Å²) in [5.41, 5.74) is 2.64. The van der Waals surface area contributed by atoms with Gasteiger partial charge in [-0.05, 0) is 30.4 Å². The lowest BCUT2D eigenvalue weighted by molar-refractivity contribution is -0.117. The van der Waals surface area contributed by atoms with Gasteiger partial charge in [-0.3, -0.25) is 9.59 Å². The maximum absolute atomic E-state index is 12.1. The molecule has 1 unspecified atom stereocenters. The van der Waals surface area contributed by atoms with Gasteiger partial charge in [0.15, 0.2) is 11.5 Å². The quantitative estimate of drug-likeness (QED) is 0.774. The van der Waals surface area contributed by atoms with Gasteiger partial charge < -0.3 is 5.11 Å².